The SMILES string of the molecule is CCNCC1(O)CCCCc2ccccc21. The molecular formula is C14H21NO. The smallest absolute Gasteiger partial charge is 0.102 e. The molecule has 0 spiro atoms. The Morgan fingerprint density at radius 3 is 2.94 bits per heavy atom. The van der Waals surface area contributed by atoms with E-state index in [2.05, 4.69) is 30.4 Å². The normalized spacial score (nSPS) is 24.9. The van der Waals surface area contributed by atoms with Crippen molar-refractivity contribution in [2.45, 2.75) is 38.2 Å². The molecule has 0 aliphatic heterocycles. The lowest BCUT2D eigenvalue weighted by Crippen LogP contribution is -2.38. The first kappa shape index (κ1) is 11.6. The summed E-state index contributed by atoms with van der Waals surface area (Å²) in [5, 5.41) is 14.0. The van der Waals surface area contributed by atoms with Crippen LogP contribution in [0.5, 0.6) is 0 Å². The molecule has 0 heterocycles. The van der Waals surface area contributed by atoms with Crippen LogP contribution in [0.4, 0.5) is 0 Å². The molecular weight excluding hydrogens is 198 g/mol. The van der Waals surface area contributed by atoms with Crippen molar-refractivity contribution in [3.8, 4) is 0 Å². The Balaban J connectivity index is 2.31. The molecule has 0 fully saturated rings. The molecule has 0 radical (unpaired) electrons. The molecule has 0 bridgehead atoms. The first-order valence-corrected chi connectivity index (χ1v) is 6.28. The lowest BCUT2D eigenvalue weighted by Gasteiger charge is -2.29. The van der Waals surface area contributed by atoms with Crippen LogP contribution in [0, 0.1) is 0 Å². The van der Waals surface area contributed by atoms with Gasteiger partial charge in [0, 0.05) is 6.54 Å². The standard InChI is InChI=1S/C14H21NO/c1-2-15-11-14(16)10-6-5-8-12-7-3-4-9-13(12)14/h3-4,7,9,15-16H,2,5-6,8,10-11H2,1H3. The largest absolute Gasteiger partial charge is 0.384 e. The van der Waals surface area contributed by atoms with E-state index < -0.39 is 5.60 Å². The lowest BCUT2D eigenvalue weighted by atomic mass is 9.88. The molecule has 1 aliphatic carbocycles. The van der Waals surface area contributed by atoms with Gasteiger partial charge in [-0.2, -0.15) is 0 Å². The van der Waals surface area contributed by atoms with Crippen LogP contribution >= 0.6 is 0 Å². The molecule has 1 aliphatic rings. The van der Waals surface area contributed by atoms with Gasteiger partial charge in [0.2, 0.25) is 0 Å². The van der Waals surface area contributed by atoms with Crippen molar-refractivity contribution in [1.29, 1.82) is 0 Å². The third-order valence-corrected chi connectivity index (χ3v) is 3.47. The fraction of sp³-hybridized carbons (Fsp3) is 0.571. The van der Waals surface area contributed by atoms with Crippen molar-refractivity contribution in [3.05, 3.63) is 35.4 Å². The Labute approximate surface area is 97.7 Å². The van der Waals surface area contributed by atoms with Gasteiger partial charge in [-0.25, -0.2) is 0 Å². The zero-order chi connectivity index (χ0) is 11.4. The van der Waals surface area contributed by atoms with Crippen LogP contribution in [0.1, 0.15) is 37.3 Å². The summed E-state index contributed by atoms with van der Waals surface area (Å²) in [6.45, 7) is 3.65. The van der Waals surface area contributed by atoms with Crippen molar-refractivity contribution >= 4 is 0 Å². The average molecular weight is 219 g/mol. The summed E-state index contributed by atoms with van der Waals surface area (Å²) >= 11 is 0. The molecule has 0 aromatic heterocycles. The molecule has 2 nitrogen and oxygen atoms in total. The summed E-state index contributed by atoms with van der Waals surface area (Å²) in [7, 11) is 0. The van der Waals surface area contributed by atoms with Gasteiger partial charge in [0.1, 0.15) is 5.60 Å². The van der Waals surface area contributed by atoms with Crippen molar-refractivity contribution in [2.24, 2.45) is 0 Å². The van der Waals surface area contributed by atoms with Gasteiger partial charge in [-0.05, 0) is 43.4 Å². The Hall–Kier alpha value is -0.860. The zero-order valence-electron chi connectivity index (χ0n) is 10.00. The number of fused-ring (bicyclic) bond motifs is 1. The summed E-state index contributed by atoms with van der Waals surface area (Å²) in [4.78, 5) is 0. The third kappa shape index (κ3) is 2.28. The summed E-state index contributed by atoms with van der Waals surface area (Å²) in [5.74, 6) is 0. The number of aryl methyl sites for hydroxylation is 1. The van der Waals surface area contributed by atoms with E-state index in [9.17, 15) is 5.11 Å². The quantitative estimate of drug-likeness (QED) is 0.764. The van der Waals surface area contributed by atoms with E-state index in [-0.39, 0.29) is 0 Å². The van der Waals surface area contributed by atoms with Crippen molar-refractivity contribution < 1.29 is 5.11 Å². The van der Waals surface area contributed by atoms with Crippen LogP contribution in [0.2, 0.25) is 0 Å². The average Bonchev–Trinajstić information content (AvgIpc) is 2.48. The molecule has 0 saturated carbocycles. The Bertz CT molecular complexity index is 350. The minimum absolute atomic E-state index is 0.664. The van der Waals surface area contributed by atoms with E-state index in [1.54, 1.807) is 0 Å². The molecule has 0 saturated heterocycles. The van der Waals surface area contributed by atoms with E-state index in [0.29, 0.717) is 6.54 Å². The van der Waals surface area contributed by atoms with Crippen LogP contribution in [0.25, 0.3) is 0 Å². The highest BCUT2D eigenvalue weighted by Gasteiger charge is 2.31. The fourth-order valence-corrected chi connectivity index (χ4v) is 2.58. The highest BCUT2D eigenvalue weighted by atomic mass is 16.3. The molecule has 1 atom stereocenters. The number of aliphatic hydroxyl groups is 1. The maximum absolute atomic E-state index is 10.8. The Morgan fingerprint density at radius 1 is 1.31 bits per heavy atom. The van der Waals surface area contributed by atoms with Crippen molar-refractivity contribution in [2.75, 3.05) is 13.1 Å². The van der Waals surface area contributed by atoms with Gasteiger partial charge in [0.15, 0.2) is 0 Å². The van der Waals surface area contributed by atoms with Crippen LogP contribution < -0.4 is 5.32 Å². The first-order valence-electron chi connectivity index (χ1n) is 6.28. The van der Waals surface area contributed by atoms with E-state index in [1.165, 1.54) is 12.0 Å². The number of rotatable bonds is 3. The van der Waals surface area contributed by atoms with Gasteiger partial charge in [-0.15, -0.1) is 0 Å². The van der Waals surface area contributed by atoms with E-state index in [4.69, 9.17) is 0 Å². The van der Waals surface area contributed by atoms with Crippen LogP contribution in [0.3, 0.4) is 0 Å². The number of likely N-dealkylation sites (N-methyl/N-ethyl adjacent to an activating group) is 1. The highest BCUT2D eigenvalue weighted by Crippen LogP contribution is 2.33. The van der Waals surface area contributed by atoms with Gasteiger partial charge in [-0.1, -0.05) is 31.2 Å². The minimum atomic E-state index is -0.664. The number of benzene rings is 1. The molecule has 2 heteroatoms. The third-order valence-electron chi connectivity index (χ3n) is 3.47. The molecule has 2 rings (SSSR count). The maximum atomic E-state index is 10.8. The molecule has 1 unspecified atom stereocenters. The van der Waals surface area contributed by atoms with Gasteiger partial charge in [-0.3, -0.25) is 0 Å². The van der Waals surface area contributed by atoms with E-state index in [1.807, 2.05) is 6.07 Å². The monoisotopic (exact) mass is 219 g/mol. The molecule has 0 amide bonds. The second kappa shape index (κ2) is 4.98. The predicted molar refractivity (Wildman–Crippen MR) is 66.4 cm³/mol. The Morgan fingerprint density at radius 2 is 2.12 bits per heavy atom. The molecule has 16 heavy (non-hydrogen) atoms. The summed E-state index contributed by atoms with van der Waals surface area (Å²) in [5.41, 5.74) is 1.79. The second-order valence-corrected chi connectivity index (χ2v) is 4.68. The maximum Gasteiger partial charge on any atom is 0.102 e. The molecule has 88 valence electrons. The molecule has 1 aromatic carbocycles. The van der Waals surface area contributed by atoms with Gasteiger partial charge >= 0.3 is 0 Å². The van der Waals surface area contributed by atoms with E-state index in [0.717, 1.165) is 31.4 Å². The lowest BCUT2D eigenvalue weighted by molar-refractivity contribution is 0.0278. The summed E-state index contributed by atoms with van der Waals surface area (Å²) in [6.07, 6.45) is 4.27. The first-order chi connectivity index (χ1) is 7.76. The van der Waals surface area contributed by atoms with Crippen LogP contribution in [-0.4, -0.2) is 18.2 Å². The second-order valence-electron chi connectivity index (χ2n) is 4.68. The van der Waals surface area contributed by atoms with Crippen LogP contribution in [0.15, 0.2) is 24.3 Å². The topological polar surface area (TPSA) is 32.3 Å². The molecule has 2 N–H and O–H groups in total. The van der Waals surface area contributed by atoms with Gasteiger partial charge in [0.05, 0.1) is 0 Å². The van der Waals surface area contributed by atoms with E-state index >= 15 is 0 Å². The predicted octanol–water partition coefficient (Wildman–Crippen LogP) is 2.21. The molecule has 1 aromatic rings. The highest BCUT2D eigenvalue weighted by molar-refractivity contribution is 5.33. The van der Waals surface area contributed by atoms with Gasteiger partial charge in [0.25, 0.3) is 0 Å². The van der Waals surface area contributed by atoms with Gasteiger partial charge < -0.3 is 10.4 Å². The zero-order valence-corrected chi connectivity index (χ0v) is 10.00. The van der Waals surface area contributed by atoms with Crippen molar-refractivity contribution in [3.63, 3.8) is 0 Å². The number of hydrogen-bond donors (Lipinski definition) is 2. The summed E-state index contributed by atoms with van der Waals surface area (Å²) in [6, 6.07) is 8.33. The summed E-state index contributed by atoms with van der Waals surface area (Å²) < 4.78 is 0. The number of nitrogens with one attached hydrogen (secondary N) is 1. The minimum Gasteiger partial charge on any atom is -0.384 e. The Kier molecular flexibility index (Phi) is 3.62. The fourth-order valence-electron chi connectivity index (χ4n) is 2.58. The number of hydrogen-bond acceptors (Lipinski definition) is 2. The van der Waals surface area contributed by atoms with Crippen molar-refractivity contribution in [1.82, 2.24) is 5.32 Å². The van der Waals surface area contributed by atoms with Crippen LogP contribution in [-0.2, 0) is 12.0 Å².